The van der Waals surface area contributed by atoms with Gasteiger partial charge in [-0.15, -0.1) is 0 Å². The van der Waals surface area contributed by atoms with E-state index < -0.39 is 0 Å². The first-order valence-corrected chi connectivity index (χ1v) is 5.31. The molecule has 76 valence electrons. The van der Waals surface area contributed by atoms with E-state index in [1.165, 1.54) is 5.56 Å². The lowest BCUT2D eigenvalue weighted by atomic mass is 10.1. The minimum Gasteiger partial charge on any atom is -0.453 e. The second-order valence-corrected chi connectivity index (χ2v) is 4.16. The molecule has 0 unspecified atom stereocenters. The van der Waals surface area contributed by atoms with Crippen molar-refractivity contribution in [3.8, 4) is 11.3 Å². The zero-order chi connectivity index (χ0) is 10.8. The summed E-state index contributed by atoms with van der Waals surface area (Å²) in [6.07, 6.45) is 0.700. The predicted octanol–water partition coefficient (Wildman–Crippen LogP) is 3.83. The topological polar surface area (TPSA) is 30.2 Å². The number of furan rings is 1. The number of carbonyl (C=O) groups is 1. The van der Waals surface area contributed by atoms with Gasteiger partial charge in [-0.25, -0.2) is 0 Å². The van der Waals surface area contributed by atoms with Crippen LogP contribution in [0.15, 0.2) is 39.2 Å². The van der Waals surface area contributed by atoms with E-state index in [4.69, 9.17) is 4.42 Å². The first kappa shape index (κ1) is 10.2. The molecule has 0 atom stereocenters. The highest BCUT2D eigenvalue weighted by Gasteiger charge is 2.07. The first-order chi connectivity index (χ1) is 7.20. The van der Waals surface area contributed by atoms with E-state index in [1.807, 2.05) is 25.1 Å². The van der Waals surface area contributed by atoms with Gasteiger partial charge in [-0.3, -0.25) is 4.79 Å². The molecule has 0 fully saturated rings. The maximum absolute atomic E-state index is 10.5. The van der Waals surface area contributed by atoms with Gasteiger partial charge in [0.05, 0.1) is 0 Å². The number of aryl methyl sites for hydroxylation is 1. The Hall–Kier alpha value is -1.35. The minimum atomic E-state index is 0.345. The van der Waals surface area contributed by atoms with Gasteiger partial charge in [-0.1, -0.05) is 22.0 Å². The van der Waals surface area contributed by atoms with Gasteiger partial charge in [0.1, 0.15) is 5.76 Å². The molecule has 15 heavy (non-hydrogen) atoms. The van der Waals surface area contributed by atoms with Crippen LogP contribution < -0.4 is 0 Å². The lowest BCUT2D eigenvalue weighted by Crippen LogP contribution is -1.79. The summed E-state index contributed by atoms with van der Waals surface area (Å²) in [5.41, 5.74) is 2.13. The van der Waals surface area contributed by atoms with Crippen molar-refractivity contribution in [1.29, 1.82) is 0 Å². The van der Waals surface area contributed by atoms with Crippen LogP contribution in [-0.2, 0) is 0 Å². The largest absolute Gasteiger partial charge is 0.453 e. The summed E-state index contributed by atoms with van der Waals surface area (Å²) in [6, 6.07) is 9.43. The number of aldehydes is 1. The standard InChI is InChI=1S/C12H9BrO2/c1-8-2-4-10(11(13)6-8)12-5-3-9(7-14)15-12/h2-7H,1H3. The van der Waals surface area contributed by atoms with Crippen molar-refractivity contribution in [3.63, 3.8) is 0 Å². The molecule has 0 bridgehead atoms. The van der Waals surface area contributed by atoms with Crippen LogP contribution in [0.2, 0.25) is 0 Å². The number of rotatable bonds is 2. The van der Waals surface area contributed by atoms with Crippen LogP contribution in [0.4, 0.5) is 0 Å². The molecule has 0 saturated heterocycles. The molecule has 2 nitrogen and oxygen atoms in total. The summed E-state index contributed by atoms with van der Waals surface area (Å²) in [7, 11) is 0. The Balaban J connectivity index is 2.49. The molecular formula is C12H9BrO2. The maximum Gasteiger partial charge on any atom is 0.185 e. The van der Waals surface area contributed by atoms with E-state index in [-0.39, 0.29) is 0 Å². The van der Waals surface area contributed by atoms with Crippen molar-refractivity contribution in [1.82, 2.24) is 0 Å². The lowest BCUT2D eigenvalue weighted by Gasteiger charge is -2.01. The molecule has 0 N–H and O–H groups in total. The average Bonchev–Trinajstić information content (AvgIpc) is 2.66. The Bertz CT molecular complexity index is 500. The molecule has 0 aliphatic carbocycles. The molecule has 0 radical (unpaired) electrons. The second-order valence-electron chi connectivity index (χ2n) is 3.30. The number of carbonyl (C=O) groups excluding carboxylic acids is 1. The monoisotopic (exact) mass is 264 g/mol. The van der Waals surface area contributed by atoms with Gasteiger partial charge in [0.15, 0.2) is 12.0 Å². The minimum absolute atomic E-state index is 0.345. The Morgan fingerprint density at radius 1 is 1.27 bits per heavy atom. The van der Waals surface area contributed by atoms with Crippen LogP contribution in [0.3, 0.4) is 0 Å². The summed E-state index contributed by atoms with van der Waals surface area (Å²) < 4.78 is 6.31. The quantitative estimate of drug-likeness (QED) is 0.772. The summed E-state index contributed by atoms with van der Waals surface area (Å²) in [5.74, 6) is 1.04. The zero-order valence-corrected chi connectivity index (χ0v) is 9.74. The van der Waals surface area contributed by atoms with E-state index in [9.17, 15) is 4.79 Å². The van der Waals surface area contributed by atoms with Crippen molar-refractivity contribution >= 4 is 22.2 Å². The van der Waals surface area contributed by atoms with Gasteiger partial charge in [-0.2, -0.15) is 0 Å². The molecule has 2 rings (SSSR count). The highest BCUT2D eigenvalue weighted by molar-refractivity contribution is 9.10. The molecule has 0 amide bonds. The molecule has 3 heteroatoms. The molecule has 1 aromatic heterocycles. The predicted molar refractivity (Wildman–Crippen MR) is 62.0 cm³/mol. The van der Waals surface area contributed by atoms with Crippen molar-refractivity contribution in [2.75, 3.05) is 0 Å². The molecule has 0 aliphatic rings. The van der Waals surface area contributed by atoms with Gasteiger partial charge in [0, 0.05) is 10.0 Å². The first-order valence-electron chi connectivity index (χ1n) is 4.52. The third-order valence-corrected chi connectivity index (χ3v) is 2.79. The Morgan fingerprint density at radius 2 is 2.07 bits per heavy atom. The fraction of sp³-hybridized carbons (Fsp3) is 0.0833. The second kappa shape index (κ2) is 4.03. The summed E-state index contributed by atoms with van der Waals surface area (Å²) in [6.45, 7) is 2.02. The number of hydrogen-bond donors (Lipinski definition) is 0. The van der Waals surface area contributed by atoms with Gasteiger partial charge in [0.25, 0.3) is 0 Å². The molecular weight excluding hydrogens is 256 g/mol. The third kappa shape index (κ3) is 2.02. The smallest absolute Gasteiger partial charge is 0.185 e. The van der Waals surface area contributed by atoms with Crippen molar-refractivity contribution in [2.24, 2.45) is 0 Å². The van der Waals surface area contributed by atoms with Crippen molar-refractivity contribution in [3.05, 3.63) is 46.1 Å². The highest BCUT2D eigenvalue weighted by atomic mass is 79.9. The van der Waals surface area contributed by atoms with E-state index >= 15 is 0 Å². The fourth-order valence-corrected chi connectivity index (χ4v) is 2.07. The SMILES string of the molecule is Cc1ccc(-c2ccc(C=O)o2)c(Br)c1. The number of halogens is 1. The van der Waals surface area contributed by atoms with Crippen LogP contribution in [0, 0.1) is 6.92 Å². The van der Waals surface area contributed by atoms with Crippen LogP contribution in [-0.4, -0.2) is 6.29 Å². The van der Waals surface area contributed by atoms with E-state index in [1.54, 1.807) is 12.1 Å². The Labute approximate surface area is 96.0 Å². The van der Waals surface area contributed by atoms with E-state index in [0.717, 1.165) is 10.0 Å². The summed E-state index contributed by atoms with van der Waals surface area (Å²) in [5, 5.41) is 0. The molecule has 0 spiro atoms. The fourth-order valence-electron chi connectivity index (χ4n) is 1.38. The molecule has 0 saturated carbocycles. The van der Waals surface area contributed by atoms with Gasteiger partial charge in [-0.05, 0) is 36.8 Å². The normalized spacial score (nSPS) is 10.3. The third-order valence-electron chi connectivity index (χ3n) is 2.13. The lowest BCUT2D eigenvalue weighted by molar-refractivity contribution is 0.110. The average molecular weight is 265 g/mol. The highest BCUT2D eigenvalue weighted by Crippen LogP contribution is 2.30. The van der Waals surface area contributed by atoms with Crippen LogP contribution in [0.25, 0.3) is 11.3 Å². The number of benzene rings is 1. The van der Waals surface area contributed by atoms with E-state index in [2.05, 4.69) is 15.9 Å². The van der Waals surface area contributed by atoms with Gasteiger partial charge < -0.3 is 4.42 Å². The maximum atomic E-state index is 10.5. The molecule has 2 aromatic rings. The molecule has 1 aromatic carbocycles. The van der Waals surface area contributed by atoms with Crippen molar-refractivity contribution < 1.29 is 9.21 Å². The molecule has 1 heterocycles. The Kier molecular flexibility index (Phi) is 2.73. The van der Waals surface area contributed by atoms with Gasteiger partial charge >= 0.3 is 0 Å². The van der Waals surface area contributed by atoms with Crippen LogP contribution in [0.1, 0.15) is 16.1 Å². The molecule has 0 aliphatic heterocycles. The van der Waals surface area contributed by atoms with Crippen LogP contribution in [0.5, 0.6) is 0 Å². The van der Waals surface area contributed by atoms with Crippen molar-refractivity contribution in [2.45, 2.75) is 6.92 Å². The Morgan fingerprint density at radius 3 is 2.67 bits per heavy atom. The summed E-state index contributed by atoms with van der Waals surface area (Å²) >= 11 is 3.47. The van der Waals surface area contributed by atoms with Gasteiger partial charge in [0.2, 0.25) is 0 Å². The summed E-state index contributed by atoms with van der Waals surface area (Å²) in [4.78, 5) is 10.5. The number of hydrogen-bond acceptors (Lipinski definition) is 2. The zero-order valence-electron chi connectivity index (χ0n) is 8.16. The van der Waals surface area contributed by atoms with E-state index in [0.29, 0.717) is 17.8 Å². The van der Waals surface area contributed by atoms with Crippen LogP contribution >= 0.6 is 15.9 Å².